The molecule has 0 saturated heterocycles. The molecule has 0 fully saturated rings. The van der Waals surface area contributed by atoms with Crippen molar-refractivity contribution in [2.75, 3.05) is 6.66 Å². The van der Waals surface area contributed by atoms with E-state index in [4.69, 9.17) is 4.52 Å². The highest BCUT2D eigenvalue weighted by Gasteiger charge is 2.30. The molecule has 22 heavy (non-hydrogen) atoms. The molecule has 0 saturated carbocycles. The normalized spacial score (nSPS) is 14.6. The second-order valence-electron chi connectivity index (χ2n) is 6.01. The van der Waals surface area contributed by atoms with Crippen molar-refractivity contribution in [3.05, 3.63) is 42.0 Å². The summed E-state index contributed by atoms with van der Waals surface area (Å²) in [6, 6.07) is 11.2. The van der Waals surface area contributed by atoms with Crippen LogP contribution in [-0.2, 0) is 14.8 Å². The van der Waals surface area contributed by atoms with Crippen LogP contribution in [0.15, 0.2) is 36.4 Å². The fourth-order valence-corrected chi connectivity index (χ4v) is 3.59. The van der Waals surface area contributed by atoms with Crippen molar-refractivity contribution < 1.29 is 18.8 Å². The summed E-state index contributed by atoms with van der Waals surface area (Å²) in [4.78, 5) is 21.1. The molecule has 0 aliphatic carbocycles. The van der Waals surface area contributed by atoms with E-state index in [0.717, 1.165) is 23.0 Å². The summed E-state index contributed by atoms with van der Waals surface area (Å²) in [7, 11) is -3.70. The minimum absolute atomic E-state index is 0.194. The zero-order valence-corrected chi connectivity index (χ0v) is 14.5. The third-order valence-electron chi connectivity index (χ3n) is 3.43. The summed E-state index contributed by atoms with van der Waals surface area (Å²) in [5.74, 6) is 0.326. The summed E-state index contributed by atoms with van der Waals surface area (Å²) in [6.45, 7) is 4.93. The largest absolute Gasteiger partial charge is 0.424 e. The summed E-state index contributed by atoms with van der Waals surface area (Å²) in [5.41, 5.74) is 0.161. The Balaban J connectivity index is 2.72. The monoisotopic (exact) mass is 338 g/mol. The van der Waals surface area contributed by atoms with Gasteiger partial charge in [0.2, 0.25) is 0 Å². The van der Waals surface area contributed by atoms with Crippen LogP contribution in [0.1, 0.15) is 25.8 Å². The SMILES string of the molecule is CC(C)(CC(=O)S)c1c(OP(C)(=O)O)ccc2ccccc12. The Morgan fingerprint density at radius 1 is 1.27 bits per heavy atom. The molecule has 1 atom stereocenters. The molecule has 2 aromatic rings. The summed E-state index contributed by atoms with van der Waals surface area (Å²) in [5, 5.41) is 1.63. The summed E-state index contributed by atoms with van der Waals surface area (Å²) >= 11 is 3.87. The molecule has 2 rings (SSSR count). The Bertz CT molecular complexity index is 764. The van der Waals surface area contributed by atoms with Crippen molar-refractivity contribution in [3.63, 3.8) is 0 Å². The Kier molecular flexibility index (Phi) is 4.71. The maximum Gasteiger partial charge on any atom is 0.373 e. The van der Waals surface area contributed by atoms with E-state index in [1.165, 1.54) is 0 Å². The van der Waals surface area contributed by atoms with Crippen molar-refractivity contribution in [2.45, 2.75) is 25.7 Å². The van der Waals surface area contributed by atoms with Crippen LogP contribution >= 0.6 is 20.2 Å². The molecule has 0 amide bonds. The first kappa shape index (κ1) is 17.1. The van der Waals surface area contributed by atoms with Gasteiger partial charge >= 0.3 is 7.60 Å². The van der Waals surface area contributed by atoms with Gasteiger partial charge in [0.25, 0.3) is 0 Å². The predicted octanol–water partition coefficient (Wildman–Crippen LogP) is 4.16. The molecule has 1 unspecified atom stereocenters. The lowest BCUT2D eigenvalue weighted by Crippen LogP contribution is -2.21. The van der Waals surface area contributed by atoms with Crippen molar-refractivity contribution in [1.82, 2.24) is 0 Å². The highest BCUT2D eigenvalue weighted by Crippen LogP contribution is 2.46. The van der Waals surface area contributed by atoms with E-state index in [0.29, 0.717) is 5.75 Å². The Morgan fingerprint density at radius 2 is 1.91 bits per heavy atom. The van der Waals surface area contributed by atoms with Crippen LogP contribution in [-0.4, -0.2) is 16.7 Å². The minimum atomic E-state index is -3.70. The van der Waals surface area contributed by atoms with Gasteiger partial charge < -0.3 is 9.42 Å². The molecule has 0 radical (unpaired) electrons. The number of carbonyl (C=O) groups is 1. The van der Waals surface area contributed by atoms with Crippen LogP contribution < -0.4 is 4.52 Å². The Labute approximate surface area is 135 Å². The van der Waals surface area contributed by atoms with Gasteiger partial charge in [0.05, 0.1) is 0 Å². The first-order valence-electron chi connectivity index (χ1n) is 6.84. The predicted molar refractivity (Wildman–Crippen MR) is 92.0 cm³/mol. The van der Waals surface area contributed by atoms with Gasteiger partial charge in [0, 0.05) is 24.1 Å². The highest BCUT2D eigenvalue weighted by atomic mass is 32.1. The van der Waals surface area contributed by atoms with Crippen molar-refractivity contribution in [1.29, 1.82) is 0 Å². The van der Waals surface area contributed by atoms with Crippen molar-refractivity contribution in [3.8, 4) is 5.75 Å². The van der Waals surface area contributed by atoms with Gasteiger partial charge in [-0.25, -0.2) is 4.57 Å². The zero-order chi connectivity index (χ0) is 16.5. The Morgan fingerprint density at radius 3 is 2.50 bits per heavy atom. The third-order valence-corrected chi connectivity index (χ3v) is 4.12. The number of hydrogen-bond donors (Lipinski definition) is 2. The van der Waals surface area contributed by atoms with Gasteiger partial charge in [-0.3, -0.25) is 4.79 Å². The average Bonchev–Trinajstić information content (AvgIpc) is 2.34. The lowest BCUT2D eigenvalue weighted by Gasteiger charge is -2.28. The number of fused-ring (bicyclic) bond motifs is 1. The van der Waals surface area contributed by atoms with Crippen LogP contribution in [0.5, 0.6) is 5.75 Å². The van der Waals surface area contributed by atoms with Crippen molar-refractivity contribution >= 4 is 36.1 Å². The van der Waals surface area contributed by atoms with Gasteiger partial charge in [-0.15, -0.1) is 12.6 Å². The van der Waals surface area contributed by atoms with E-state index < -0.39 is 13.0 Å². The molecular weight excluding hydrogens is 319 g/mol. The fraction of sp³-hybridized carbons (Fsp3) is 0.312. The average molecular weight is 338 g/mol. The van der Waals surface area contributed by atoms with Gasteiger partial charge in [-0.1, -0.05) is 44.2 Å². The van der Waals surface area contributed by atoms with Gasteiger partial charge in [0.15, 0.2) is 5.12 Å². The number of hydrogen-bond acceptors (Lipinski definition) is 3. The molecule has 0 aromatic heterocycles. The first-order valence-corrected chi connectivity index (χ1v) is 9.31. The molecular formula is C16H19O4PS. The van der Waals surface area contributed by atoms with Crippen LogP contribution in [0.2, 0.25) is 0 Å². The Hall–Kier alpha value is -1.29. The second kappa shape index (κ2) is 6.07. The maximum atomic E-state index is 11.7. The fourth-order valence-electron chi connectivity index (χ4n) is 2.67. The zero-order valence-electron chi connectivity index (χ0n) is 12.7. The lowest BCUT2D eigenvalue weighted by molar-refractivity contribution is -0.111. The van der Waals surface area contributed by atoms with Gasteiger partial charge in [-0.05, 0) is 16.8 Å². The molecule has 0 aliphatic rings. The minimum Gasteiger partial charge on any atom is -0.424 e. The maximum absolute atomic E-state index is 11.7. The summed E-state index contributed by atoms with van der Waals surface area (Å²) < 4.78 is 17.0. The molecule has 0 heterocycles. The molecule has 4 nitrogen and oxygen atoms in total. The van der Waals surface area contributed by atoms with Gasteiger partial charge in [-0.2, -0.15) is 0 Å². The number of thiol groups is 1. The summed E-state index contributed by atoms with van der Waals surface area (Å²) in [6.07, 6.45) is 0.194. The molecule has 2 aromatic carbocycles. The topological polar surface area (TPSA) is 63.6 Å². The molecule has 0 aliphatic heterocycles. The number of benzene rings is 2. The van der Waals surface area contributed by atoms with Crippen molar-refractivity contribution in [2.24, 2.45) is 0 Å². The van der Waals surface area contributed by atoms with E-state index in [1.54, 1.807) is 6.07 Å². The molecule has 1 N–H and O–H groups in total. The smallest absolute Gasteiger partial charge is 0.373 e. The quantitative estimate of drug-likeness (QED) is 0.635. The third kappa shape index (κ3) is 3.92. The van der Waals surface area contributed by atoms with E-state index >= 15 is 0 Å². The standard InChI is InChI=1S/C16H19O4PS/c1-16(2,10-14(17)22)15-12-7-5-4-6-11(12)8-9-13(15)20-21(3,18)19/h4-9H,10H2,1-3H3,(H,17,22)(H,18,19). The van der Waals surface area contributed by atoms with E-state index in [1.807, 2.05) is 44.2 Å². The van der Waals surface area contributed by atoms with E-state index in [-0.39, 0.29) is 11.5 Å². The molecule has 0 spiro atoms. The van der Waals surface area contributed by atoms with Crippen LogP contribution in [0, 0.1) is 0 Å². The number of rotatable bonds is 5. The number of carbonyl (C=O) groups excluding carboxylic acids is 1. The van der Waals surface area contributed by atoms with Gasteiger partial charge in [0.1, 0.15) is 5.75 Å². The van der Waals surface area contributed by atoms with Crippen LogP contribution in [0.4, 0.5) is 0 Å². The molecule has 118 valence electrons. The lowest BCUT2D eigenvalue weighted by atomic mass is 9.79. The van der Waals surface area contributed by atoms with Crippen LogP contribution in [0.3, 0.4) is 0 Å². The second-order valence-corrected chi connectivity index (χ2v) is 8.30. The molecule has 6 heteroatoms. The molecule has 0 bridgehead atoms. The van der Waals surface area contributed by atoms with Crippen LogP contribution in [0.25, 0.3) is 10.8 Å². The highest BCUT2D eigenvalue weighted by molar-refractivity contribution is 7.96. The van der Waals surface area contributed by atoms with E-state index in [2.05, 4.69) is 12.6 Å². The van der Waals surface area contributed by atoms with E-state index in [9.17, 15) is 14.3 Å². The first-order chi connectivity index (χ1) is 10.1.